The summed E-state index contributed by atoms with van der Waals surface area (Å²) in [6.07, 6.45) is 7.42. The van der Waals surface area contributed by atoms with Crippen LogP contribution in [-0.2, 0) is 0 Å². The summed E-state index contributed by atoms with van der Waals surface area (Å²) in [4.78, 5) is 0. The molecular formula is C14H16N2. The van der Waals surface area contributed by atoms with Crippen LogP contribution in [0.1, 0.15) is 37.3 Å². The summed E-state index contributed by atoms with van der Waals surface area (Å²) in [7, 11) is 0. The lowest BCUT2D eigenvalue weighted by molar-refractivity contribution is 0.678. The largest absolute Gasteiger partial charge is 0.241 e. The molecule has 0 bridgehead atoms. The fraction of sp³-hybridized carbons (Fsp3) is 0.357. The smallest absolute Gasteiger partial charge is 0.0659 e. The fourth-order valence-corrected chi connectivity index (χ4v) is 2.50. The zero-order valence-corrected chi connectivity index (χ0v) is 9.34. The summed E-state index contributed by atoms with van der Waals surface area (Å²) in [6.45, 7) is 0. The van der Waals surface area contributed by atoms with Crippen LogP contribution in [0.25, 0.3) is 5.69 Å². The van der Waals surface area contributed by atoms with Crippen LogP contribution >= 0.6 is 0 Å². The molecule has 1 fully saturated rings. The van der Waals surface area contributed by atoms with E-state index in [4.69, 9.17) is 0 Å². The van der Waals surface area contributed by atoms with Gasteiger partial charge in [-0.2, -0.15) is 5.10 Å². The molecule has 0 N–H and O–H groups in total. The van der Waals surface area contributed by atoms with Gasteiger partial charge in [-0.25, -0.2) is 4.68 Å². The first-order valence-electron chi connectivity index (χ1n) is 6.04. The number of aromatic nitrogens is 2. The lowest BCUT2D eigenvalue weighted by atomic mass is 10.1. The highest BCUT2D eigenvalue weighted by Gasteiger charge is 2.19. The molecule has 0 amide bonds. The Labute approximate surface area is 95.9 Å². The third kappa shape index (κ3) is 1.75. The van der Waals surface area contributed by atoms with Gasteiger partial charge >= 0.3 is 0 Å². The molecule has 2 aromatic rings. The lowest BCUT2D eigenvalue weighted by Crippen LogP contribution is -1.98. The minimum Gasteiger partial charge on any atom is -0.241 e. The summed E-state index contributed by atoms with van der Waals surface area (Å²) in [5.41, 5.74) is 2.41. The molecule has 0 spiro atoms. The number of para-hydroxylation sites is 1. The van der Waals surface area contributed by atoms with Crippen molar-refractivity contribution in [1.82, 2.24) is 9.78 Å². The van der Waals surface area contributed by atoms with Crippen LogP contribution < -0.4 is 0 Å². The van der Waals surface area contributed by atoms with E-state index >= 15 is 0 Å². The number of hydrogen-bond donors (Lipinski definition) is 0. The second kappa shape index (κ2) is 4.12. The highest BCUT2D eigenvalue weighted by atomic mass is 15.3. The van der Waals surface area contributed by atoms with E-state index in [1.807, 2.05) is 22.9 Å². The predicted molar refractivity (Wildman–Crippen MR) is 64.8 cm³/mol. The molecule has 2 heteroatoms. The van der Waals surface area contributed by atoms with E-state index in [1.165, 1.54) is 31.4 Å². The Kier molecular flexibility index (Phi) is 2.49. The van der Waals surface area contributed by atoms with E-state index in [-0.39, 0.29) is 0 Å². The standard InChI is InChI=1S/C14H16N2/c1-2-8-13(9-3-1)16-11-10-14(15-16)12-6-4-5-7-12/h1-3,8-12H,4-7H2. The van der Waals surface area contributed by atoms with Crippen molar-refractivity contribution >= 4 is 0 Å². The van der Waals surface area contributed by atoms with Gasteiger partial charge in [-0.05, 0) is 31.0 Å². The van der Waals surface area contributed by atoms with Gasteiger partial charge in [0.05, 0.1) is 11.4 Å². The molecule has 82 valence electrons. The molecule has 3 rings (SSSR count). The molecule has 16 heavy (non-hydrogen) atoms. The van der Waals surface area contributed by atoms with Gasteiger partial charge in [0.2, 0.25) is 0 Å². The van der Waals surface area contributed by atoms with Crippen LogP contribution in [0.5, 0.6) is 0 Å². The van der Waals surface area contributed by atoms with Crippen LogP contribution in [0.15, 0.2) is 42.6 Å². The molecule has 1 aliphatic carbocycles. The summed E-state index contributed by atoms with van der Waals surface area (Å²) in [5.74, 6) is 0.699. The lowest BCUT2D eigenvalue weighted by Gasteiger charge is -2.04. The minimum absolute atomic E-state index is 0.699. The normalized spacial score (nSPS) is 16.8. The Bertz CT molecular complexity index is 453. The topological polar surface area (TPSA) is 17.8 Å². The average Bonchev–Trinajstić information content (AvgIpc) is 3.01. The Morgan fingerprint density at radius 1 is 1.00 bits per heavy atom. The number of benzene rings is 1. The minimum atomic E-state index is 0.699. The molecule has 1 aliphatic rings. The van der Waals surface area contributed by atoms with Crippen LogP contribution in [0.2, 0.25) is 0 Å². The average molecular weight is 212 g/mol. The first-order chi connectivity index (χ1) is 7.93. The first kappa shape index (κ1) is 9.64. The van der Waals surface area contributed by atoms with Crippen LogP contribution in [0.3, 0.4) is 0 Å². The second-order valence-corrected chi connectivity index (χ2v) is 4.50. The van der Waals surface area contributed by atoms with Crippen molar-refractivity contribution in [3.8, 4) is 5.69 Å². The van der Waals surface area contributed by atoms with Crippen molar-refractivity contribution in [2.24, 2.45) is 0 Å². The highest BCUT2D eigenvalue weighted by Crippen LogP contribution is 2.33. The molecule has 2 nitrogen and oxygen atoms in total. The Hall–Kier alpha value is -1.57. The molecule has 0 aliphatic heterocycles. The van der Waals surface area contributed by atoms with Gasteiger partial charge < -0.3 is 0 Å². The van der Waals surface area contributed by atoms with E-state index in [0.717, 1.165) is 5.69 Å². The maximum absolute atomic E-state index is 4.68. The number of nitrogens with zero attached hydrogens (tertiary/aromatic N) is 2. The van der Waals surface area contributed by atoms with Gasteiger partial charge in [0, 0.05) is 12.1 Å². The maximum Gasteiger partial charge on any atom is 0.0659 e. The van der Waals surface area contributed by atoms with Crippen molar-refractivity contribution in [2.45, 2.75) is 31.6 Å². The van der Waals surface area contributed by atoms with E-state index in [9.17, 15) is 0 Å². The molecule has 0 saturated heterocycles. The number of rotatable bonds is 2. The third-order valence-electron chi connectivity index (χ3n) is 3.40. The Morgan fingerprint density at radius 2 is 1.75 bits per heavy atom. The summed E-state index contributed by atoms with van der Waals surface area (Å²) in [6, 6.07) is 12.5. The Morgan fingerprint density at radius 3 is 2.50 bits per heavy atom. The van der Waals surface area contributed by atoms with Gasteiger partial charge in [0.1, 0.15) is 0 Å². The van der Waals surface area contributed by atoms with Gasteiger partial charge in [0.15, 0.2) is 0 Å². The second-order valence-electron chi connectivity index (χ2n) is 4.50. The van der Waals surface area contributed by atoms with E-state index < -0.39 is 0 Å². The van der Waals surface area contributed by atoms with Crippen molar-refractivity contribution < 1.29 is 0 Å². The molecule has 0 unspecified atom stereocenters. The predicted octanol–water partition coefficient (Wildman–Crippen LogP) is 3.53. The van der Waals surface area contributed by atoms with E-state index in [0.29, 0.717) is 5.92 Å². The molecule has 1 aromatic carbocycles. The van der Waals surface area contributed by atoms with E-state index in [1.54, 1.807) is 0 Å². The Balaban J connectivity index is 1.87. The molecule has 1 saturated carbocycles. The van der Waals surface area contributed by atoms with Crippen molar-refractivity contribution in [1.29, 1.82) is 0 Å². The molecule has 0 atom stereocenters. The van der Waals surface area contributed by atoms with Gasteiger partial charge in [-0.15, -0.1) is 0 Å². The van der Waals surface area contributed by atoms with Crippen molar-refractivity contribution in [3.05, 3.63) is 48.3 Å². The van der Waals surface area contributed by atoms with Gasteiger partial charge in [-0.3, -0.25) is 0 Å². The SMILES string of the molecule is c1ccc(-n2ccc(C3CCCC3)n2)cc1. The molecule has 1 heterocycles. The van der Waals surface area contributed by atoms with Crippen LogP contribution in [0, 0.1) is 0 Å². The molecular weight excluding hydrogens is 196 g/mol. The van der Waals surface area contributed by atoms with Crippen molar-refractivity contribution in [2.75, 3.05) is 0 Å². The summed E-state index contributed by atoms with van der Waals surface area (Å²) >= 11 is 0. The number of hydrogen-bond acceptors (Lipinski definition) is 1. The quantitative estimate of drug-likeness (QED) is 0.744. The third-order valence-corrected chi connectivity index (χ3v) is 3.40. The van der Waals surface area contributed by atoms with E-state index in [2.05, 4.69) is 29.5 Å². The molecule has 1 aromatic heterocycles. The summed E-state index contributed by atoms with van der Waals surface area (Å²) in [5, 5.41) is 4.68. The summed E-state index contributed by atoms with van der Waals surface area (Å²) < 4.78 is 1.98. The maximum atomic E-state index is 4.68. The van der Waals surface area contributed by atoms with Gasteiger partial charge in [-0.1, -0.05) is 31.0 Å². The molecule has 0 radical (unpaired) electrons. The van der Waals surface area contributed by atoms with Crippen molar-refractivity contribution in [3.63, 3.8) is 0 Å². The van der Waals surface area contributed by atoms with Gasteiger partial charge in [0.25, 0.3) is 0 Å². The first-order valence-corrected chi connectivity index (χ1v) is 6.04. The zero-order chi connectivity index (χ0) is 10.8. The van der Waals surface area contributed by atoms with Crippen LogP contribution in [0.4, 0.5) is 0 Å². The zero-order valence-electron chi connectivity index (χ0n) is 9.34. The fourth-order valence-electron chi connectivity index (χ4n) is 2.50. The monoisotopic (exact) mass is 212 g/mol. The highest BCUT2D eigenvalue weighted by molar-refractivity contribution is 5.30. The van der Waals surface area contributed by atoms with Crippen LogP contribution in [-0.4, -0.2) is 9.78 Å².